The summed E-state index contributed by atoms with van der Waals surface area (Å²) in [5.41, 5.74) is 2.38. The molecule has 0 spiro atoms. The van der Waals surface area contributed by atoms with E-state index >= 15 is 0 Å². The molecule has 1 N–H and O–H groups in total. The third-order valence-corrected chi connectivity index (χ3v) is 3.87. The van der Waals surface area contributed by atoms with Gasteiger partial charge in [0.05, 0.1) is 5.56 Å². The van der Waals surface area contributed by atoms with Gasteiger partial charge < -0.3 is 9.67 Å². The molecule has 2 aromatic rings. The first-order valence-corrected chi connectivity index (χ1v) is 6.70. The topological polar surface area (TPSA) is 42.2 Å². The Hall–Kier alpha value is -1.74. The summed E-state index contributed by atoms with van der Waals surface area (Å²) in [6, 6.07) is 9.35. The number of hydrogen-bond donors (Lipinski definition) is 1. The molecule has 0 amide bonds. The van der Waals surface area contributed by atoms with Gasteiger partial charge in [0.25, 0.3) is 0 Å². The summed E-state index contributed by atoms with van der Waals surface area (Å²) in [5.74, 6) is -0.455. The molecule has 0 unspecified atom stereocenters. The second-order valence-corrected chi connectivity index (χ2v) is 5.32. The van der Waals surface area contributed by atoms with Crippen molar-refractivity contribution >= 4 is 17.6 Å². The highest BCUT2D eigenvalue weighted by molar-refractivity contribution is 6.31. The molecule has 98 valence electrons. The number of carboxylic acid groups (broad SMARTS) is 1. The molecule has 0 bridgehead atoms. The minimum Gasteiger partial charge on any atom is -0.478 e. The smallest absolute Gasteiger partial charge is 0.337 e. The van der Waals surface area contributed by atoms with Crippen LogP contribution in [0.2, 0.25) is 5.02 Å². The Balaban J connectivity index is 1.97. The molecular formula is C15H14ClNO2. The Morgan fingerprint density at radius 2 is 2.05 bits per heavy atom. The van der Waals surface area contributed by atoms with Crippen molar-refractivity contribution in [2.75, 3.05) is 0 Å². The number of rotatable bonds is 4. The molecule has 0 radical (unpaired) electrons. The van der Waals surface area contributed by atoms with Crippen LogP contribution in [0, 0.1) is 0 Å². The minimum atomic E-state index is -0.847. The zero-order valence-corrected chi connectivity index (χ0v) is 11.1. The third-order valence-electron chi connectivity index (χ3n) is 3.50. The molecule has 1 aromatic heterocycles. The lowest BCUT2D eigenvalue weighted by atomic mass is 10.1. The second kappa shape index (κ2) is 4.74. The number of benzene rings is 1. The van der Waals surface area contributed by atoms with Gasteiger partial charge in [-0.1, -0.05) is 29.8 Å². The van der Waals surface area contributed by atoms with Gasteiger partial charge in [-0.2, -0.15) is 0 Å². The molecule has 1 aliphatic carbocycles. The number of aromatic carboxylic acids is 1. The number of halogens is 1. The molecule has 1 aliphatic rings. The normalized spacial score (nSPS) is 14.6. The first-order valence-electron chi connectivity index (χ1n) is 6.32. The standard InChI is InChI=1S/C15H14ClNO2/c16-13-4-2-1-3-11(13)9-17-8-7-12(15(18)19)14(17)10-5-6-10/h1-4,7-8,10H,5-6,9H2,(H,18,19). The fourth-order valence-corrected chi connectivity index (χ4v) is 2.62. The summed E-state index contributed by atoms with van der Waals surface area (Å²) < 4.78 is 2.02. The van der Waals surface area contributed by atoms with Crippen LogP contribution in [0.25, 0.3) is 0 Å². The van der Waals surface area contributed by atoms with Crippen molar-refractivity contribution in [2.45, 2.75) is 25.3 Å². The molecule has 0 aliphatic heterocycles. The van der Waals surface area contributed by atoms with Crippen molar-refractivity contribution in [3.63, 3.8) is 0 Å². The van der Waals surface area contributed by atoms with Gasteiger partial charge >= 0.3 is 5.97 Å². The number of carbonyl (C=O) groups is 1. The van der Waals surface area contributed by atoms with Crippen molar-refractivity contribution in [1.29, 1.82) is 0 Å². The van der Waals surface area contributed by atoms with Crippen molar-refractivity contribution in [1.82, 2.24) is 4.57 Å². The molecular weight excluding hydrogens is 262 g/mol. The van der Waals surface area contributed by atoms with E-state index in [0.29, 0.717) is 18.0 Å². The maximum absolute atomic E-state index is 11.2. The molecule has 1 saturated carbocycles. The van der Waals surface area contributed by atoms with E-state index in [2.05, 4.69) is 0 Å². The van der Waals surface area contributed by atoms with Crippen LogP contribution in [0.15, 0.2) is 36.5 Å². The Morgan fingerprint density at radius 1 is 1.32 bits per heavy atom. The average Bonchev–Trinajstić information content (AvgIpc) is 3.13. The van der Waals surface area contributed by atoms with Crippen LogP contribution in [0.5, 0.6) is 0 Å². The number of aromatic nitrogens is 1. The van der Waals surface area contributed by atoms with E-state index in [0.717, 1.165) is 29.1 Å². The Morgan fingerprint density at radius 3 is 2.68 bits per heavy atom. The van der Waals surface area contributed by atoms with E-state index in [1.54, 1.807) is 6.07 Å². The van der Waals surface area contributed by atoms with E-state index in [4.69, 9.17) is 11.6 Å². The van der Waals surface area contributed by atoms with E-state index in [1.807, 2.05) is 35.0 Å². The summed E-state index contributed by atoms with van der Waals surface area (Å²) in [4.78, 5) is 11.2. The van der Waals surface area contributed by atoms with Gasteiger partial charge in [0.15, 0.2) is 0 Å². The molecule has 4 heteroatoms. The third kappa shape index (κ3) is 2.38. The predicted octanol–water partition coefficient (Wildman–Crippen LogP) is 3.77. The maximum Gasteiger partial charge on any atom is 0.337 e. The molecule has 0 saturated heterocycles. The fraction of sp³-hybridized carbons (Fsp3) is 0.267. The molecule has 0 atom stereocenters. The number of hydrogen-bond acceptors (Lipinski definition) is 1. The van der Waals surface area contributed by atoms with Crippen LogP contribution in [-0.4, -0.2) is 15.6 Å². The van der Waals surface area contributed by atoms with Gasteiger partial charge in [-0.3, -0.25) is 0 Å². The van der Waals surface area contributed by atoms with Crippen molar-refractivity contribution < 1.29 is 9.90 Å². The lowest BCUT2D eigenvalue weighted by molar-refractivity contribution is 0.0695. The second-order valence-electron chi connectivity index (χ2n) is 4.91. The minimum absolute atomic E-state index is 0.392. The summed E-state index contributed by atoms with van der Waals surface area (Å²) in [7, 11) is 0. The van der Waals surface area contributed by atoms with Crippen molar-refractivity contribution in [3.8, 4) is 0 Å². The molecule has 19 heavy (non-hydrogen) atoms. The van der Waals surface area contributed by atoms with E-state index in [1.165, 1.54) is 0 Å². The van der Waals surface area contributed by atoms with Crippen LogP contribution in [-0.2, 0) is 6.54 Å². The highest BCUT2D eigenvalue weighted by Gasteiger charge is 2.31. The van der Waals surface area contributed by atoms with E-state index in [-0.39, 0.29) is 0 Å². The van der Waals surface area contributed by atoms with Crippen LogP contribution < -0.4 is 0 Å². The SMILES string of the molecule is O=C(O)c1ccn(Cc2ccccc2Cl)c1C1CC1. The lowest BCUT2D eigenvalue weighted by Gasteiger charge is -2.11. The monoisotopic (exact) mass is 275 g/mol. The first-order chi connectivity index (χ1) is 9.16. The predicted molar refractivity (Wildman–Crippen MR) is 73.9 cm³/mol. The molecule has 3 nitrogen and oxygen atoms in total. The van der Waals surface area contributed by atoms with Crippen molar-refractivity contribution in [3.05, 3.63) is 58.4 Å². The van der Waals surface area contributed by atoms with E-state index in [9.17, 15) is 9.90 Å². The fourth-order valence-electron chi connectivity index (χ4n) is 2.42. The lowest BCUT2D eigenvalue weighted by Crippen LogP contribution is -2.07. The van der Waals surface area contributed by atoms with E-state index < -0.39 is 5.97 Å². The Kier molecular flexibility index (Phi) is 3.07. The zero-order valence-electron chi connectivity index (χ0n) is 10.3. The van der Waals surface area contributed by atoms with Crippen LogP contribution in [0.1, 0.15) is 40.4 Å². The molecule has 3 rings (SSSR count). The molecule has 1 aromatic carbocycles. The largest absolute Gasteiger partial charge is 0.478 e. The average molecular weight is 276 g/mol. The van der Waals surface area contributed by atoms with Crippen LogP contribution in [0.3, 0.4) is 0 Å². The summed E-state index contributed by atoms with van der Waals surface area (Å²) in [5, 5.41) is 9.95. The maximum atomic E-state index is 11.2. The zero-order chi connectivity index (χ0) is 13.4. The van der Waals surface area contributed by atoms with Gasteiger partial charge in [-0.05, 0) is 30.5 Å². The van der Waals surface area contributed by atoms with Gasteiger partial charge in [0.2, 0.25) is 0 Å². The summed E-state index contributed by atoms with van der Waals surface area (Å²) >= 11 is 6.16. The van der Waals surface area contributed by atoms with Crippen LogP contribution >= 0.6 is 11.6 Å². The highest BCUT2D eigenvalue weighted by Crippen LogP contribution is 2.42. The molecule has 1 heterocycles. The number of carboxylic acids is 1. The summed E-state index contributed by atoms with van der Waals surface area (Å²) in [6.45, 7) is 0.624. The van der Waals surface area contributed by atoms with Crippen molar-refractivity contribution in [2.24, 2.45) is 0 Å². The number of nitrogens with zero attached hydrogens (tertiary/aromatic N) is 1. The quantitative estimate of drug-likeness (QED) is 0.923. The summed E-state index contributed by atoms with van der Waals surface area (Å²) in [6.07, 6.45) is 4.00. The van der Waals surface area contributed by atoms with Gasteiger partial charge in [-0.25, -0.2) is 4.79 Å². The molecule has 1 fully saturated rings. The highest BCUT2D eigenvalue weighted by atomic mass is 35.5. The van der Waals surface area contributed by atoms with Gasteiger partial charge in [0, 0.05) is 29.4 Å². The first kappa shape index (κ1) is 12.3. The van der Waals surface area contributed by atoms with Gasteiger partial charge in [0.1, 0.15) is 0 Å². The Labute approximate surface area is 116 Å². The van der Waals surface area contributed by atoms with Crippen LogP contribution in [0.4, 0.5) is 0 Å². The van der Waals surface area contributed by atoms with Gasteiger partial charge in [-0.15, -0.1) is 0 Å². The Bertz CT molecular complexity index is 629.